The minimum atomic E-state index is -0.148. The van der Waals surface area contributed by atoms with Crippen molar-refractivity contribution in [3.8, 4) is 0 Å². The van der Waals surface area contributed by atoms with Crippen molar-refractivity contribution in [1.29, 1.82) is 0 Å². The van der Waals surface area contributed by atoms with Crippen LogP contribution in [0, 0.1) is 5.92 Å². The Bertz CT molecular complexity index is 418. The number of aromatic nitrogens is 1. The lowest BCUT2D eigenvalue weighted by Gasteiger charge is -2.19. The molecule has 1 heterocycles. The third kappa shape index (κ3) is 6.93. The minimum Gasteiger partial charge on any atom is -0.372 e. The molecule has 0 spiro atoms. The van der Waals surface area contributed by atoms with E-state index in [4.69, 9.17) is 10.5 Å². The van der Waals surface area contributed by atoms with Crippen LogP contribution in [0.5, 0.6) is 0 Å². The Hall–Kier alpha value is -0.400. The summed E-state index contributed by atoms with van der Waals surface area (Å²) in [6.07, 6.45) is 0.00715. The molecule has 0 radical (unpaired) electrons. The summed E-state index contributed by atoms with van der Waals surface area (Å²) >= 11 is 1.57. The van der Waals surface area contributed by atoms with Crippen LogP contribution in [0.1, 0.15) is 37.6 Å². The van der Waals surface area contributed by atoms with E-state index in [0.717, 1.165) is 10.7 Å². The van der Waals surface area contributed by atoms with Crippen molar-refractivity contribution >= 4 is 42.1 Å². The quantitative estimate of drug-likeness (QED) is 0.814. The second kappa shape index (κ2) is 11.2. The van der Waals surface area contributed by atoms with Crippen LogP contribution in [0.4, 0.5) is 0 Å². The van der Waals surface area contributed by atoms with Gasteiger partial charge >= 0.3 is 0 Å². The van der Waals surface area contributed by atoms with Gasteiger partial charge in [-0.05, 0) is 13.8 Å². The fourth-order valence-corrected chi connectivity index (χ4v) is 2.51. The molecule has 1 aromatic heterocycles. The predicted molar refractivity (Wildman–Crippen MR) is 91.3 cm³/mol. The van der Waals surface area contributed by atoms with Gasteiger partial charge in [0.05, 0.1) is 12.2 Å². The summed E-state index contributed by atoms with van der Waals surface area (Å²) in [5.41, 5.74) is 6.40. The summed E-state index contributed by atoms with van der Waals surface area (Å²) in [7, 11) is 1.78. The first kappa shape index (κ1) is 22.9. The predicted octanol–water partition coefficient (Wildman–Crippen LogP) is 2.64. The van der Waals surface area contributed by atoms with Crippen LogP contribution in [0.25, 0.3) is 0 Å². The molecule has 0 aliphatic heterocycles. The van der Waals surface area contributed by atoms with Gasteiger partial charge in [0.2, 0.25) is 5.91 Å². The molecule has 2 unspecified atom stereocenters. The van der Waals surface area contributed by atoms with Crippen molar-refractivity contribution in [3.63, 3.8) is 0 Å². The Balaban J connectivity index is 0. The number of carbonyl (C=O) groups is 1. The number of halogens is 2. The van der Waals surface area contributed by atoms with Gasteiger partial charge < -0.3 is 15.4 Å². The molecule has 21 heavy (non-hydrogen) atoms. The Morgan fingerprint density at radius 3 is 2.62 bits per heavy atom. The number of rotatable bonds is 7. The van der Waals surface area contributed by atoms with Crippen molar-refractivity contribution in [2.24, 2.45) is 11.7 Å². The fourth-order valence-electron chi connectivity index (χ4n) is 1.70. The van der Waals surface area contributed by atoms with Crippen molar-refractivity contribution < 1.29 is 9.53 Å². The number of ether oxygens (including phenoxy) is 1. The summed E-state index contributed by atoms with van der Waals surface area (Å²) in [4.78, 5) is 18.1. The molecule has 0 aromatic carbocycles. The Morgan fingerprint density at radius 1 is 1.48 bits per heavy atom. The molecular weight excluding hydrogens is 333 g/mol. The summed E-state index contributed by atoms with van der Waals surface area (Å²) < 4.78 is 5.50. The molecule has 124 valence electrons. The van der Waals surface area contributed by atoms with Gasteiger partial charge in [-0.1, -0.05) is 6.92 Å². The minimum absolute atomic E-state index is 0. The van der Waals surface area contributed by atoms with Crippen molar-refractivity contribution in [1.82, 2.24) is 9.88 Å². The molecule has 2 N–H and O–H groups in total. The monoisotopic (exact) mass is 357 g/mol. The molecule has 0 aliphatic carbocycles. The summed E-state index contributed by atoms with van der Waals surface area (Å²) in [6, 6.07) is 0. The number of thiazole rings is 1. The number of hydrogen-bond acceptors (Lipinski definition) is 5. The average molecular weight is 358 g/mol. The topological polar surface area (TPSA) is 68.5 Å². The molecule has 5 nitrogen and oxygen atoms in total. The van der Waals surface area contributed by atoms with Crippen molar-refractivity contribution in [3.05, 3.63) is 16.1 Å². The summed E-state index contributed by atoms with van der Waals surface area (Å²) in [6.45, 7) is 7.33. The molecular formula is C13H25Cl2N3O2S. The van der Waals surface area contributed by atoms with Crippen LogP contribution in [0.15, 0.2) is 5.38 Å². The van der Waals surface area contributed by atoms with Crippen LogP contribution in [-0.4, -0.2) is 36.0 Å². The lowest BCUT2D eigenvalue weighted by atomic mass is 10.1. The van der Waals surface area contributed by atoms with Crippen LogP contribution in [0.3, 0.4) is 0 Å². The van der Waals surface area contributed by atoms with E-state index < -0.39 is 0 Å². The van der Waals surface area contributed by atoms with Gasteiger partial charge in [0, 0.05) is 31.5 Å². The van der Waals surface area contributed by atoms with E-state index >= 15 is 0 Å². The van der Waals surface area contributed by atoms with E-state index in [1.54, 1.807) is 23.3 Å². The van der Waals surface area contributed by atoms with Gasteiger partial charge in [0.25, 0.3) is 0 Å². The SMILES string of the molecule is CCOC(C)c1nc(CN(C)C(=O)C(C)CN)cs1.Cl.Cl. The highest BCUT2D eigenvalue weighted by atomic mass is 35.5. The Morgan fingerprint density at radius 2 is 2.10 bits per heavy atom. The second-order valence-electron chi connectivity index (χ2n) is 4.61. The molecule has 0 aliphatic rings. The summed E-state index contributed by atoms with van der Waals surface area (Å²) in [5, 5.41) is 2.92. The number of carbonyl (C=O) groups excluding carboxylic acids is 1. The standard InChI is InChI=1S/C13H23N3O2S.2ClH/c1-5-18-10(3)12-15-11(8-19-12)7-16(4)13(17)9(2)6-14;;/h8-10H,5-7,14H2,1-4H3;2*1H. The van der Waals surface area contributed by atoms with Crippen LogP contribution in [-0.2, 0) is 16.1 Å². The molecule has 2 atom stereocenters. The average Bonchev–Trinajstić information content (AvgIpc) is 2.85. The maximum absolute atomic E-state index is 11.9. The number of nitrogens with zero attached hydrogens (tertiary/aromatic N) is 2. The number of hydrogen-bond donors (Lipinski definition) is 1. The Labute approximate surface area is 143 Å². The highest BCUT2D eigenvalue weighted by Crippen LogP contribution is 2.21. The Kier molecular flexibility index (Phi) is 12.2. The first-order chi connectivity index (χ1) is 8.99. The fraction of sp³-hybridized carbons (Fsp3) is 0.692. The van der Waals surface area contributed by atoms with Gasteiger partial charge in [0.1, 0.15) is 11.1 Å². The van der Waals surface area contributed by atoms with Crippen LogP contribution >= 0.6 is 36.2 Å². The van der Waals surface area contributed by atoms with Gasteiger partial charge in [0.15, 0.2) is 0 Å². The van der Waals surface area contributed by atoms with E-state index in [-0.39, 0.29) is 42.7 Å². The largest absolute Gasteiger partial charge is 0.372 e. The molecule has 1 rings (SSSR count). The van der Waals surface area contributed by atoms with E-state index in [0.29, 0.717) is 19.7 Å². The summed E-state index contributed by atoms with van der Waals surface area (Å²) in [5.74, 6) is -0.0969. The highest BCUT2D eigenvalue weighted by Gasteiger charge is 2.18. The first-order valence-electron chi connectivity index (χ1n) is 6.50. The van der Waals surface area contributed by atoms with Crippen LogP contribution in [0.2, 0.25) is 0 Å². The number of nitrogens with two attached hydrogens (primary N) is 1. The zero-order valence-electron chi connectivity index (χ0n) is 12.9. The molecule has 0 bridgehead atoms. The lowest BCUT2D eigenvalue weighted by Crippen LogP contribution is -2.34. The molecule has 8 heteroatoms. The maximum Gasteiger partial charge on any atom is 0.226 e. The normalized spacial score (nSPS) is 12.8. The van der Waals surface area contributed by atoms with Gasteiger partial charge in [-0.15, -0.1) is 36.2 Å². The third-order valence-electron chi connectivity index (χ3n) is 2.88. The molecule has 0 fully saturated rings. The first-order valence-corrected chi connectivity index (χ1v) is 7.38. The number of amides is 1. The van der Waals surface area contributed by atoms with Gasteiger partial charge in [-0.3, -0.25) is 4.79 Å². The van der Waals surface area contributed by atoms with Gasteiger partial charge in [-0.2, -0.15) is 0 Å². The van der Waals surface area contributed by atoms with E-state index in [1.165, 1.54) is 0 Å². The second-order valence-corrected chi connectivity index (χ2v) is 5.50. The zero-order valence-corrected chi connectivity index (χ0v) is 15.3. The van der Waals surface area contributed by atoms with Crippen molar-refractivity contribution in [2.45, 2.75) is 33.4 Å². The molecule has 0 saturated carbocycles. The van der Waals surface area contributed by atoms with Gasteiger partial charge in [-0.25, -0.2) is 4.98 Å². The lowest BCUT2D eigenvalue weighted by molar-refractivity contribution is -0.133. The molecule has 1 amide bonds. The smallest absolute Gasteiger partial charge is 0.226 e. The van der Waals surface area contributed by atoms with E-state index in [2.05, 4.69) is 4.98 Å². The maximum atomic E-state index is 11.9. The molecule has 1 aromatic rings. The zero-order chi connectivity index (χ0) is 14.4. The highest BCUT2D eigenvalue weighted by molar-refractivity contribution is 7.09. The van der Waals surface area contributed by atoms with Crippen molar-refractivity contribution in [2.75, 3.05) is 20.2 Å². The van der Waals surface area contributed by atoms with E-state index in [1.807, 2.05) is 26.2 Å². The third-order valence-corrected chi connectivity index (χ3v) is 3.94. The molecule has 0 saturated heterocycles. The van der Waals surface area contributed by atoms with E-state index in [9.17, 15) is 4.79 Å². The van der Waals surface area contributed by atoms with Crippen LogP contribution < -0.4 is 5.73 Å².